The molecular weight excluding hydrogens is 322 g/mol. The van der Waals surface area contributed by atoms with Crippen LogP contribution in [0.2, 0.25) is 0 Å². The van der Waals surface area contributed by atoms with Gasteiger partial charge < -0.3 is 15.2 Å². The smallest absolute Gasteiger partial charge is 0.251 e. The minimum Gasteiger partial charge on any atom is -0.491 e. The highest BCUT2D eigenvalue weighted by Gasteiger charge is 2.13. The van der Waals surface area contributed by atoms with E-state index in [1.54, 1.807) is 23.5 Å². The third-order valence-corrected chi connectivity index (χ3v) is 4.72. The van der Waals surface area contributed by atoms with Crippen LogP contribution in [0.15, 0.2) is 41.8 Å². The molecule has 2 rings (SSSR count). The zero-order chi connectivity index (χ0) is 17.4. The topological polar surface area (TPSA) is 58.6 Å². The molecule has 2 aromatic rings. The van der Waals surface area contributed by atoms with E-state index in [4.69, 9.17) is 4.74 Å². The number of hydrogen-bond acceptors (Lipinski definition) is 4. The standard InChI is InChI=1S/C19H25NO3S/c1-14(2)23-17-7-5-16(6-8-17)19(22)20-11-9-15(10-12-21)18-4-3-13-24-18/h3-8,13-15,21H,9-12H2,1-2H3,(H,20,22). The number of hydrogen-bond donors (Lipinski definition) is 2. The molecule has 1 atom stereocenters. The second-order valence-electron chi connectivity index (χ2n) is 5.96. The highest BCUT2D eigenvalue weighted by atomic mass is 32.1. The number of rotatable bonds is 9. The molecule has 0 aliphatic heterocycles. The molecule has 0 fully saturated rings. The molecule has 24 heavy (non-hydrogen) atoms. The second-order valence-corrected chi connectivity index (χ2v) is 6.94. The van der Waals surface area contributed by atoms with E-state index in [2.05, 4.69) is 11.4 Å². The number of carbonyl (C=O) groups is 1. The van der Waals surface area contributed by atoms with Crippen LogP contribution < -0.4 is 10.1 Å². The molecule has 4 nitrogen and oxygen atoms in total. The summed E-state index contributed by atoms with van der Waals surface area (Å²) in [5, 5.41) is 14.2. The van der Waals surface area contributed by atoms with Crippen molar-refractivity contribution in [2.75, 3.05) is 13.2 Å². The van der Waals surface area contributed by atoms with Gasteiger partial charge in [0, 0.05) is 23.6 Å². The molecule has 2 N–H and O–H groups in total. The second kappa shape index (κ2) is 9.45. The summed E-state index contributed by atoms with van der Waals surface area (Å²) in [7, 11) is 0. The van der Waals surface area contributed by atoms with Crippen LogP contribution in [0.4, 0.5) is 0 Å². The molecule has 0 bridgehead atoms. The van der Waals surface area contributed by atoms with Gasteiger partial charge in [-0.2, -0.15) is 0 Å². The number of aliphatic hydroxyl groups excluding tert-OH is 1. The molecule has 0 saturated heterocycles. The fraction of sp³-hybridized carbons (Fsp3) is 0.421. The van der Waals surface area contributed by atoms with Crippen molar-refractivity contribution < 1.29 is 14.6 Å². The summed E-state index contributed by atoms with van der Waals surface area (Å²) in [6.45, 7) is 4.69. The molecule has 0 radical (unpaired) electrons. The summed E-state index contributed by atoms with van der Waals surface area (Å²) >= 11 is 1.69. The van der Waals surface area contributed by atoms with E-state index in [1.807, 2.05) is 37.4 Å². The molecule has 5 heteroatoms. The first-order valence-electron chi connectivity index (χ1n) is 8.29. The predicted molar refractivity (Wildman–Crippen MR) is 97.9 cm³/mol. The van der Waals surface area contributed by atoms with Crippen molar-refractivity contribution in [2.24, 2.45) is 0 Å². The van der Waals surface area contributed by atoms with E-state index in [0.717, 1.165) is 18.6 Å². The van der Waals surface area contributed by atoms with Gasteiger partial charge in [0.2, 0.25) is 0 Å². The first kappa shape index (κ1) is 18.5. The molecule has 1 heterocycles. The van der Waals surface area contributed by atoms with Gasteiger partial charge in [-0.1, -0.05) is 6.07 Å². The number of carbonyl (C=O) groups excluding carboxylic acids is 1. The van der Waals surface area contributed by atoms with E-state index in [1.165, 1.54) is 4.88 Å². The monoisotopic (exact) mass is 347 g/mol. The van der Waals surface area contributed by atoms with E-state index >= 15 is 0 Å². The normalized spacial score (nSPS) is 12.2. The van der Waals surface area contributed by atoms with Gasteiger partial charge >= 0.3 is 0 Å². The van der Waals surface area contributed by atoms with Crippen LogP contribution in [-0.4, -0.2) is 30.3 Å². The minimum absolute atomic E-state index is 0.0833. The third-order valence-electron chi connectivity index (χ3n) is 3.69. The van der Waals surface area contributed by atoms with Gasteiger partial charge in [-0.05, 0) is 68.3 Å². The van der Waals surface area contributed by atoms with Crippen molar-refractivity contribution in [3.63, 3.8) is 0 Å². The van der Waals surface area contributed by atoms with Crippen LogP contribution in [0, 0.1) is 0 Å². The lowest BCUT2D eigenvalue weighted by Crippen LogP contribution is -2.25. The number of thiophene rings is 1. The zero-order valence-corrected chi connectivity index (χ0v) is 15.0. The quantitative estimate of drug-likeness (QED) is 0.725. The summed E-state index contributed by atoms with van der Waals surface area (Å²) in [6.07, 6.45) is 1.66. The maximum Gasteiger partial charge on any atom is 0.251 e. The van der Waals surface area contributed by atoms with Crippen LogP contribution in [0.1, 0.15) is 47.8 Å². The highest BCUT2D eigenvalue weighted by Crippen LogP contribution is 2.26. The van der Waals surface area contributed by atoms with Crippen LogP contribution in [0.5, 0.6) is 5.75 Å². The predicted octanol–water partition coefficient (Wildman–Crippen LogP) is 3.82. The Labute approximate surface area is 147 Å². The molecule has 0 aliphatic rings. The lowest BCUT2D eigenvalue weighted by molar-refractivity contribution is 0.0952. The Morgan fingerprint density at radius 2 is 1.96 bits per heavy atom. The Bertz CT molecular complexity index is 608. The Morgan fingerprint density at radius 3 is 2.54 bits per heavy atom. The minimum atomic E-state index is -0.0833. The highest BCUT2D eigenvalue weighted by molar-refractivity contribution is 7.10. The van der Waals surface area contributed by atoms with E-state index in [-0.39, 0.29) is 24.5 Å². The molecule has 1 aromatic heterocycles. The fourth-order valence-electron chi connectivity index (χ4n) is 2.53. The molecule has 130 valence electrons. The van der Waals surface area contributed by atoms with Crippen LogP contribution >= 0.6 is 11.3 Å². The molecule has 1 amide bonds. The maximum absolute atomic E-state index is 12.2. The fourth-order valence-corrected chi connectivity index (χ4v) is 3.43. The number of benzene rings is 1. The summed E-state index contributed by atoms with van der Waals surface area (Å²) in [5.74, 6) is 0.972. The number of aliphatic hydroxyl groups is 1. The Morgan fingerprint density at radius 1 is 1.21 bits per heavy atom. The van der Waals surface area contributed by atoms with Gasteiger partial charge in [0.1, 0.15) is 5.75 Å². The Hall–Kier alpha value is -1.85. The number of ether oxygens (including phenoxy) is 1. The van der Waals surface area contributed by atoms with Crippen molar-refractivity contribution in [1.82, 2.24) is 5.32 Å². The van der Waals surface area contributed by atoms with E-state index < -0.39 is 0 Å². The molecule has 1 unspecified atom stereocenters. The lowest BCUT2D eigenvalue weighted by Gasteiger charge is -2.15. The Kier molecular flexibility index (Phi) is 7.28. The van der Waals surface area contributed by atoms with Crippen molar-refractivity contribution in [3.8, 4) is 5.75 Å². The first-order chi connectivity index (χ1) is 11.6. The average molecular weight is 347 g/mol. The van der Waals surface area contributed by atoms with Crippen LogP contribution in [-0.2, 0) is 0 Å². The van der Waals surface area contributed by atoms with Crippen LogP contribution in [0.3, 0.4) is 0 Å². The zero-order valence-electron chi connectivity index (χ0n) is 14.2. The Balaban J connectivity index is 1.83. The summed E-state index contributed by atoms with van der Waals surface area (Å²) < 4.78 is 5.58. The molecule has 0 spiro atoms. The summed E-state index contributed by atoms with van der Waals surface area (Å²) in [4.78, 5) is 13.5. The van der Waals surface area contributed by atoms with Crippen molar-refractivity contribution >= 4 is 17.2 Å². The van der Waals surface area contributed by atoms with Gasteiger partial charge in [-0.3, -0.25) is 4.79 Å². The number of amides is 1. The van der Waals surface area contributed by atoms with Gasteiger partial charge in [-0.25, -0.2) is 0 Å². The molecule has 0 aliphatic carbocycles. The van der Waals surface area contributed by atoms with Crippen molar-refractivity contribution in [3.05, 3.63) is 52.2 Å². The average Bonchev–Trinajstić information content (AvgIpc) is 3.08. The summed E-state index contributed by atoms with van der Waals surface area (Å²) in [5.41, 5.74) is 0.626. The molecule has 0 saturated carbocycles. The summed E-state index contributed by atoms with van der Waals surface area (Å²) in [6, 6.07) is 11.3. The van der Waals surface area contributed by atoms with Gasteiger partial charge in [0.25, 0.3) is 5.91 Å². The van der Waals surface area contributed by atoms with Gasteiger partial charge in [0.15, 0.2) is 0 Å². The largest absolute Gasteiger partial charge is 0.491 e. The van der Waals surface area contributed by atoms with Gasteiger partial charge in [0.05, 0.1) is 6.10 Å². The van der Waals surface area contributed by atoms with Crippen molar-refractivity contribution in [2.45, 2.75) is 38.7 Å². The SMILES string of the molecule is CC(C)Oc1ccc(C(=O)NCCC(CCO)c2cccs2)cc1. The van der Waals surface area contributed by atoms with E-state index in [9.17, 15) is 9.90 Å². The lowest BCUT2D eigenvalue weighted by atomic mass is 10.00. The third kappa shape index (κ3) is 5.65. The molecule has 1 aromatic carbocycles. The first-order valence-corrected chi connectivity index (χ1v) is 9.17. The molecular formula is C19H25NO3S. The van der Waals surface area contributed by atoms with Crippen LogP contribution in [0.25, 0.3) is 0 Å². The van der Waals surface area contributed by atoms with Gasteiger partial charge in [-0.15, -0.1) is 11.3 Å². The van der Waals surface area contributed by atoms with E-state index in [0.29, 0.717) is 12.1 Å². The van der Waals surface area contributed by atoms with Crippen molar-refractivity contribution in [1.29, 1.82) is 0 Å². The maximum atomic E-state index is 12.2. The number of nitrogens with one attached hydrogen (secondary N) is 1.